The summed E-state index contributed by atoms with van der Waals surface area (Å²) in [5, 5.41) is 37.0. The first-order chi connectivity index (χ1) is 16.0. The van der Waals surface area contributed by atoms with Crippen molar-refractivity contribution in [1.82, 2.24) is 9.13 Å². The summed E-state index contributed by atoms with van der Waals surface area (Å²) in [5.41, 5.74) is 1.84. The number of aromatic hydroxyl groups is 2. The predicted octanol–water partition coefficient (Wildman–Crippen LogP) is 5.36. The van der Waals surface area contributed by atoms with Crippen LogP contribution in [-0.2, 0) is 22.7 Å². The molecule has 0 saturated heterocycles. The third-order valence-corrected chi connectivity index (χ3v) is 5.29. The Balaban J connectivity index is 1.51. The van der Waals surface area contributed by atoms with Crippen LogP contribution in [0.25, 0.3) is 21.8 Å². The highest BCUT2D eigenvalue weighted by molar-refractivity contribution is 5.99. The number of aromatic nitrogens is 2. The SMILES string of the molecule is CCn1c(O)c(N=NC(=O)CC(=O)N=Nc2c(O)n(CC)c3ccccc23)c2ccccc21. The van der Waals surface area contributed by atoms with Gasteiger partial charge in [-0.15, -0.1) is 20.5 Å². The number of nitrogens with zero attached hydrogens (tertiary/aromatic N) is 6. The number of rotatable bonds is 6. The van der Waals surface area contributed by atoms with Crippen LogP contribution in [0, 0.1) is 0 Å². The molecule has 0 aliphatic heterocycles. The minimum atomic E-state index is -0.827. The molecule has 2 aromatic heterocycles. The van der Waals surface area contributed by atoms with Gasteiger partial charge in [0.1, 0.15) is 6.42 Å². The van der Waals surface area contributed by atoms with Gasteiger partial charge in [-0.1, -0.05) is 36.4 Å². The molecule has 168 valence electrons. The molecule has 10 nitrogen and oxygen atoms in total. The first-order valence-electron chi connectivity index (χ1n) is 10.5. The first-order valence-corrected chi connectivity index (χ1v) is 10.5. The maximum Gasteiger partial charge on any atom is 0.274 e. The van der Waals surface area contributed by atoms with Gasteiger partial charge in [0.25, 0.3) is 11.8 Å². The van der Waals surface area contributed by atoms with Crippen LogP contribution in [0.3, 0.4) is 0 Å². The number of para-hydroxylation sites is 2. The summed E-state index contributed by atoms with van der Waals surface area (Å²) in [5.74, 6) is -1.87. The monoisotopic (exact) mass is 446 g/mol. The van der Waals surface area contributed by atoms with E-state index in [1.54, 1.807) is 33.4 Å². The summed E-state index contributed by atoms with van der Waals surface area (Å²) in [6.07, 6.45) is -0.645. The summed E-state index contributed by atoms with van der Waals surface area (Å²) in [4.78, 5) is 24.3. The standard InChI is InChI=1S/C23H22N6O4/c1-3-28-16-11-7-5-9-14(16)20(22(28)32)26-24-18(30)13-19(31)25-27-21-15-10-6-8-12-17(15)29(4-2)23(21)33/h5-12,32-33H,3-4,13H2,1-2H3. The van der Waals surface area contributed by atoms with Crippen LogP contribution in [0.1, 0.15) is 20.3 Å². The average molecular weight is 446 g/mol. The molecule has 0 unspecified atom stereocenters. The Bertz CT molecular complexity index is 1320. The molecular formula is C23H22N6O4. The fourth-order valence-electron chi connectivity index (χ4n) is 3.79. The van der Waals surface area contributed by atoms with Crippen LogP contribution < -0.4 is 0 Å². The lowest BCUT2D eigenvalue weighted by molar-refractivity contribution is -0.126. The first kappa shape index (κ1) is 21.9. The van der Waals surface area contributed by atoms with Crippen molar-refractivity contribution in [2.75, 3.05) is 0 Å². The molecule has 0 fully saturated rings. The number of carbonyl (C=O) groups excluding carboxylic acids is 2. The number of fused-ring (bicyclic) bond motifs is 2. The molecular weight excluding hydrogens is 424 g/mol. The summed E-state index contributed by atoms with van der Waals surface area (Å²) < 4.78 is 3.29. The van der Waals surface area contributed by atoms with Crippen molar-refractivity contribution in [3.63, 3.8) is 0 Å². The van der Waals surface area contributed by atoms with Gasteiger partial charge < -0.3 is 19.3 Å². The quantitative estimate of drug-likeness (QED) is 0.305. The number of amides is 2. The number of carbonyl (C=O) groups is 2. The van der Waals surface area contributed by atoms with E-state index in [1.807, 2.05) is 38.1 Å². The molecule has 2 heterocycles. The second-order valence-electron chi connectivity index (χ2n) is 7.23. The average Bonchev–Trinajstić information content (AvgIpc) is 3.25. The number of benzene rings is 2. The van der Waals surface area contributed by atoms with Gasteiger partial charge in [-0.25, -0.2) is 0 Å². The van der Waals surface area contributed by atoms with Gasteiger partial charge >= 0.3 is 0 Å². The number of azo groups is 2. The molecule has 0 aliphatic rings. The maximum atomic E-state index is 12.2. The van der Waals surface area contributed by atoms with E-state index in [2.05, 4.69) is 20.5 Å². The number of hydrogen-bond acceptors (Lipinski definition) is 6. The molecule has 4 rings (SSSR count). The van der Waals surface area contributed by atoms with E-state index >= 15 is 0 Å². The second kappa shape index (κ2) is 9.03. The molecule has 0 bridgehead atoms. The Kier molecular flexibility index (Phi) is 5.99. The Morgan fingerprint density at radius 1 is 0.727 bits per heavy atom. The normalized spacial score (nSPS) is 11.9. The summed E-state index contributed by atoms with van der Waals surface area (Å²) in [6.45, 7) is 4.77. The van der Waals surface area contributed by atoms with Crippen LogP contribution in [0.15, 0.2) is 69.0 Å². The molecule has 0 radical (unpaired) electrons. The van der Waals surface area contributed by atoms with Crippen molar-refractivity contribution in [2.24, 2.45) is 20.5 Å². The number of hydrogen-bond donors (Lipinski definition) is 2. The van der Waals surface area contributed by atoms with Gasteiger partial charge in [0.05, 0.1) is 11.0 Å². The fourth-order valence-corrected chi connectivity index (χ4v) is 3.79. The van der Waals surface area contributed by atoms with Crippen molar-refractivity contribution in [3.8, 4) is 11.8 Å². The van der Waals surface area contributed by atoms with E-state index in [4.69, 9.17) is 0 Å². The molecule has 0 atom stereocenters. The third kappa shape index (κ3) is 3.98. The molecule has 0 aliphatic carbocycles. The Labute approximate surface area is 188 Å². The lowest BCUT2D eigenvalue weighted by Crippen LogP contribution is -2.01. The van der Waals surface area contributed by atoms with Gasteiger partial charge in [-0.3, -0.25) is 9.59 Å². The van der Waals surface area contributed by atoms with Crippen molar-refractivity contribution in [3.05, 3.63) is 48.5 Å². The summed E-state index contributed by atoms with van der Waals surface area (Å²) in [6, 6.07) is 14.4. The fraction of sp³-hybridized carbons (Fsp3) is 0.217. The summed E-state index contributed by atoms with van der Waals surface area (Å²) in [7, 11) is 0. The van der Waals surface area contributed by atoms with Gasteiger partial charge in [0.2, 0.25) is 11.8 Å². The van der Waals surface area contributed by atoms with E-state index in [1.165, 1.54) is 0 Å². The van der Waals surface area contributed by atoms with Crippen LogP contribution in [-0.4, -0.2) is 31.2 Å². The summed E-state index contributed by atoms with van der Waals surface area (Å²) >= 11 is 0. The van der Waals surface area contributed by atoms with Crippen molar-refractivity contribution >= 4 is 45.0 Å². The minimum absolute atomic E-state index is 0.107. The lowest BCUT2D eigenvalue weighted by atomic mass is 10.2. The predicted molar refractivity (Wildman–Crippen MR) is 122 cm³/mol. The van der Waals surface area contributed by atoms with Crippen molar-refractivity contribution in [1.29, 1.82) is 0 Å². The smallest absolute Gasteiger partial charge is 0.274 e. The van der Waals surface area contributed by atoms with Crippen LogP contribution in [0.5, 0.6) is 11.8 Å². The van der Waals surface area contributed by atoms with E-state index in [0.29, 0.717) is 23.9 Å². The van der Waals surface area contributed by atoms with E-state index in [0.717, 1.165) is 11.0 Å². The molecule has 0 spiro atoms. The van der Waals surface area contributed by atoms with Gasteiger partial charge in [-0.05, 0) is 26.0 Å². The molecule has 0 saturated carbocycles. The highest BCUT2D eigenvalue weighted by Gasteiger charge is 2.18. The van der Waals surface area contributed by atoms with Gasteiger partial charge in [0, 0.05) is 23.9 Å². The van der Waals surface area contributed by atoms with Crippen LogP contribution >= 0.6 is 0 Å². The Hall–Kier alpha value is -4.34. The van der Waals surface area contributed by atoms with Gasteiger partial charge in [-0.2, -0.15) is 0 Å². The molecule has 2 amide bonds. The topological polar surface area (TPSA) is 134 Å². The van der Waals surface area contributed by atoms with Crippen LogP contribution in [0.2, 0.25) is 0 Å². The Morgan fingerprint density at radius 2 is 1.12 bits per heavy atom. The highest BCUT2D eigenvalue weighted by atomic mass is 16.3. The third-order valence-electron chi connectivity index (χ3n) is 5.29. The molecule has 4 aromatic rings. The largest absolute Gasteiger partial charge is 0.493 e. The zero-order chi connectivity index (χ0) is 23.5. The van der Waals surface area contributed by atoms with E-state index < -0.39 is 18.2 Å². The molecule has 2 N–H and O–H groups in total. The zero-order valence-electron chi connectivity index (χ0n) is 18.1. The number of aryl methyl sites for hydroxylation is 2. The maximum absolute atomic E-state index is 12.2. The molecule has 10 heteroatoms. The van der Waals surface area contributed by atoms with Crippen molar-refractivity contribution in [2.45, 2.75) is 33.4 Å². The second-order valence-corrected chi connectivity index (χ2v) is 7.23. The molecule has 2 aromatic carbocycles. The zero-order valence-corrected chi connectivity index (χ0v) is 18.1. The van der Waals surface area contributed by atoms with E-state index in [-0.39, 0.29) is 23.1 Å². The minimum Gasteiger partial charge on any atom is -0.493 e. The Morgan fingerprint density at radius 3 is 1.52 bits per heavy atom. The lowest BCUT2D eigenvalue weighted by Gasteiger charge is -2.00. The molecule has 33 heavy (non-hydrogen) atoms. The van der Waals surface area contributed by atoms with E-state index in [9.17, 15) is 19.8 Å². The van der Waals surface area contributed by atoms with Crippen LogP contribution in [0.4, 0.5) is 11.4 Å². The highest BCUT2D eigenvalue weighted by Crippen LogP contribution is 2.39. The van der Waals surface area contributed by atoms with Gasteiger partial charge in [0.15, 0.2) is 11.4 Å². The van der Waals surface area contributed by atoms with Crippen molar-refractivity contribution < 1.29 is 19.8 Å².